The minimum absolute atomic E-state index is 0.130. The highest BCUT2D eigenvalue weighted by atomic mass is 32.2. The second-order valence-electron chi connectivity index (χ2n) is 5.27. The molecular formula is C17H21NO3S. The van der Waals surface area contributed by atoms with Crippen LogP contribution in [0.1, 0.15) is 41.1 Å². The molecule has 0 aliphatic carbocycles. The van der Waals surface area contributed by atoms with Crippen LogP contribution in [0, 0.1) is 0 Å². The predicted molar refractivity (Wildman–Crippen MR) is 88.9 cm³/mol. The van der Waals surface area contributed by atoms with Crippen molar-refractivity contribution in [1.29, 1.82) is 0 Å². The average molecular weight is 319 g/mol. The molecule has 0 radical (unpaired) electrons. The molecule has 0 aliphatic heterocycles. The van der Waals surface area contributed by atoms with Gasteiger partial charge in [-0.1, -0.05) is 12.1 Å². The van der Waals surface area contributed by atoms with E-state index in [4.69, 9.17) is 4.42 Å². The first kappa shape index (κ1) is 16.6. The number of furan rings is 1. The number of hydrogen-bond acceptors (Lipinski definition) is 4. The van der Waals surface area contributed by atoms with Gasteiger partial charge in [0.25, 0.3) is 5.91 Å². The van der Waals surface area contributed by atoms with Crippen molar-refractivity contribution in [2.24, 2.45) is 0 Å². The van der Waals surface area contributed by atoms with Crippen molar-refractivity contribution in [2.75, 3.05) is 6.26 Å². The minimum atomic E-state index is -0.714. The van der Waals surface area contributed by atoms with Crippen molar-refractivity contribution >= 4 is 17.7 Å². The minimum Gasteiger partial charge on any atom is -0.467 e. The zero-order chi connectivity index (χ0) is 15.9. The Morgan fingerprint density at radius 1 is 1.32 bits per heavy atom. The van der Waals surface area contributed by atoms with Crippen LogP contribution in [0.4, 0.5) is 0 Å². The van der Waals surface area contributed by atoms with Crippen molar-refractivity contribution in [3.63, 3.8) is 0 Å². The lowest BCUT2D eigenvalue weighted by molar-refractivity contribution is 0.0903. The summed E-state index contributed by atoms with van der Waals surface area (Å²) < 4.78 is 5.16. The number of nitrogens with one attached hydrogen (secondary N) is 1. The number of hydrogen-bond donors (Lipinski definition) is 2. The maximum absolute atomic E-state index is 12.2. The topological polar surface area (TPSA) is 62.5 Å². The molecule has 1 amide bonds. The third kappa shape index (κ3) is 4.64. The van der Waals surface area contributed by atoms with Gasteiger partial charge in [0.15, 0.2) is 0 Å². The molecular weight excluding hydrogens is 298 g/mol. The van der Waals surface area contributed by atoms with E-state index in [1.54, 1.807) is 23.9 Å². The smallest absolute Gasteiger partial charge is 0.251 e. The fourth-order valence-electron chi connectivity index (χ4n) is 2.22. The summed E-state index contributed by atoms with van der Waals surface area (Å²) in [5.41, 5.74) is 1.83. The van der Waals surface area contributed by atoms with E-state index in [1.807, 2.05) is 37.4 Å². The lowest BCUT2D eigenvalue weighted by atomic mass is 10.1. The molecule has 2 atom stereocenters. The van der Waals surface area contributed by atoms with E-state index in [0.29, 0.717) is 17.7 Å². The average Bonchev–Trinajstić information content (AvgIpc) is 3.02. The van der Waals surface area contributed by atoms with Crippen LogP contribution in [0.3, 0.4) is 0 Å². The van der Waals surface area contributed by atoms with E-state index in [1.165, 1.54) is 11.8 Å². The number of aliphatic hydroxyl groups excluding tert-OH is 1. The van der Waals surface area contributed by atoms with E-state index in [-0.39, 0.29) is 11.9 Å². The van der Waals surface area contributed by atoms with Gasteiger partial charge >= 0.3 is 0 Å². The van der Waals surface area contributed by atoms with Crippen LogP contribution in [-0.4, -0.2) is 23.3 Å². The predicted octanol–water partition coefficient (Wildman–Crippen LogP) is 3.38. The van der Waals surface area contributed by atoms with Gasteiger partial charge in [0.1, 0.15) is 11.9 Å². The Hall–Kier alpha value is -1.72. The van der Waals surface area contributed by atoms with Crippen LogP contribution in [0.2, 0.25) is 0 Å². The molecule has 2 aromatic rings. The Kier molecular flexibility index (Phi) is 6.10. The van der Waals surface area contributed by atoms with Crippen LogP contribution < -0.4 is 5.32 Å². The molecule has 0 saturated carbocycles. The number of aliphatic hydroxyl groups is 1. The van der Waals surface area contributed by atoms with E-state index < -0.39 is 6.10 Å². The highest BCUT2D eigenvalue weighted by molar-refractivity contribution is 7.97. The Balaban J connectivity index is 1.87. The maximum atomic E-state index is 12.2. The fraction of sp³-hybridized carbons (Fsp3) is 0.353. The fourth-order valence-corrected chi connectivity index (χ4v) is 2.74. The molecule has 2 rings (SSSR count). The molecule has 1 aromatic carbocycles. The van der Waals surface area contributed by atoms with Gasteiger partial charge in [-0.25, -0.2) is 0 Å². The number of thioether (sulfide) groups is 1. The van der Waals surface area contributed by atoms with E-state index in [9.17, 15) is 9.90 Å². The largest absolute Gasteiger partial charge is 0.467 e. The SMILES string of the molecule is CSCc1ccc(C(=O)NC(C)CC(O)c2ccco2)cc1. The van der Waals surface area contributed by atoms with Crippen LogP contribution in [0.5, 0.6) is 0 Å². The molecule has 0 saturated heterocycles. The highest BCUT2D eigenvalue weighted by Crippen LogP contribution is 2.18. The molecule has 2 unspecified atom stereocenters. The number of carbonyl (C=O) groups is 1. The lowest BCUT2D eigenvalue weighted by Gasteiger charge is -2.16. The number of carbonyl (C=O) groups excluding carboxylic acids is 1. The van der Waals surface area contributed by atoms with Gasteiger partial charge in [-0.3, -0.25) is 4.79 Å². The summed E-state index contributed by atoms with van der Waals surface area (Å²) in [5, 5.41) is 12.9. The quantitative estimate of drug-likeness (QED) is 0.821. The van der Waals surface area contributed by atoms with Crippen LogP contribution in [-0.2, 0) is 5.75 Å². The van der Waals surface area contributed by atoms with E-state index in [2.05, 4.69) is 5.32 Å². The maximum Gasteiger partial charge on any atom is 0.251 e. The van der Waals surface area contributed by atoms with Crippen molar-refractivity contribution in [3.8, 4) is 0 Å². The van der Waals surface area contributed by atoms with Gasteiger partial charge in [0.05, 0.1) is 6.26 Å². The van der Waals surface area contributed by atoms with Crippen molar-refractivity contribution in [3.05, 3.63) is 59.5 Å². The van der Waals surface area contributed by atoms with Crippen molar-refractivity contribution in [2.45, 2.75) is 31.2 Å². The Morgan fingerprint density at radius 3 is 2.64 bits per heavy atom. The van der Waals surface area contributed by atoms with Crippen LogP contribution >= 0.6 is 11.8 Å². The van der Waals surface area contributed by atoms with Gasteiger partial charge < -0.3 is 14.8 Å². The molecule has 0 spiro atoms. The molecule has 1 aromatic heterocycles. The summed E-state index contributed by atoms with van der Waals surface area (Å²) in [5.74, 6) is 1.32. The van der Waals surface area contributed by atoms with Gasteiger partial charge in [0, 0.05) is 23.8 Å². The van der Waals surface area contributed by atoms with Gasteiger partial charge in [-0.05, 0) is 43.0 Å². The summed E-state index contributed by atoms with van der Waals surface area (Å²) in [6.45, 7) is 1.87. The first-order chi connectivity index (χ1) is 10.6. The second kappa shape index (κ2) is 8.06. The lowest BCUT2D eigenvalue weighted by Crippen LogP contribution is -2.33. The number of rotatable bonds is 7. The molecule has 5 heteroatoms. The van der Waals surface area contributed by atoms with Gasteiger partial charge in [-0.15, -0.1) is 0 Å². The summed E-state index contributed by atoms with van der Waals surface area (Å²) in [6, 6.07) is 10.9. The first-order valence-corrected chi connectivity index (χ1v) is 8.59. The zero-order valence-electron chi connectivity index (χ0n) is 12.8. The van der Waals surface area contributed by atoms with Crippen LogP contribution in [0.25, 0.3) is 0 Å². The monoisotopic (exact) mass is 319 g/mol. The van der Waals surface area contributed by atoms with Gasteiger partial charge in [-0.2, -0.15) is 11.8 Å². The third-order valence-electron chi connectivity index (χ3n) is 3.35. The summed E-state index contributed by atoms with van der Waals surface area (Å²) >= 11 is 1.75. The molecule has 0 bridgehead atoms. The number of benzene rings is 1. The second-order valence-corrected chi connectivity index (χ2v) is 6.14. The van der Waals surface area contributed by atoms with E-state index in [0.717, 1.165) is 5.75 Å². The molecule has 0 aliphatic rings. The molecule has 2 N–H and O–H groups in total. The third-order valence-corrected chi connectivity index (χ3v) is 3.98. The standard InChI is InChI=1S/C17H21NO3S/c1-12(10-15(19)16-4-3-9-21-16)18-17(20)14-7-5-13(6-8-14)11-22-2/h3-9,12,15,19H,10-11H2,1-2H3,(H,18,20). The van der Waals surface area contributed by atoms with Crippen LogP contribution in [0.15, 0.2) is 47.1 Å². The molecule has 4 nitrogen and oxygen atoms in total. The normalized spacial score (nSPS) is 13.6. The van der Waals surface area contributed by atoms with Gasteiger partial charge in [0.2, 0.25) is 0 Å². The Labute approximate surface area is 134 Å². The molecule has 118 valence electrons. The van der Waals surface area contributed by atoms with Crippen molar-refractivity contribution in [1.82, 2.24) is 5.32 Å². The van der Waals surface area contributed by atoms with Crippen molar-refractivity contribution < 1.29 is 14.3 Å². The Morgan fingerprint density at radius 2 is 2.05 bits per heavy atom. The zero-order valence-corrected chi connectivity index (χ0v) is 13.6. The highest BCUT2D eigenvalue weighted by Gasteiger charge is 2.17. The Bertz CT molecular complexity index is 580. The first-order valence-electron chi connectivity index (χ1n) is 7.20. The van der Waals surface area contributed by atoms with E-state index >= 15 is 0 Å². The summed E-state index contributed by atoms with van der Waals surface area (Å²) in [4.78, 5) is 12.2. The summed E-state index contributed by atoms with van der Waals surface area (Å²) in [7, 11) is 0. The molecule has 22 heavy (non-hydrogen) atoms. The number of amides is 1. The molecule has 0 fully saturated rings. The summed E-state index contributed by atoms with van der Waals surface area (Å²) in [6.07, 6.45) is 3.27. The molecule has 1 heterocycles.